The van der Waals surface area contributed by atoms with Crippen molar-refractivity contribution in [1.29, 1.82) is 0 Å². The average Bonchev–Trinajstić information content (AvgIpc) is 0.723. The summed E-state index contributed by atoms with van der Waals surface area (Å²) in [4.78, 5) is 85.2. The minimum atomic E-state index is -0.860. The Labute approximate surface area is 761 Å². The van der Waals surface area contributed by atoms with Gasteiger partial charge in [-0.3, -0.25) is 0 Å². The number of hydrogen-bond donors (Lipinski definition) is 0. The van der Waals surface area contributed by atoms with Crippen molar-refractivity contribution in [2.45, 2.75) is 427 Å². The molecule has 0 saturated heterocycles. The third kappa shape index (κ3) is 55.5. The van der Waals surface area contributed by atoms with Crippen molar-refractivity contribution in [3.63, 3.8) is 0 Å². The molecule has 0 aliphatic carbocycles. The van der Waals surface area contributed by atoms with E-state index in [4.69, 9.17) is 56.8 Å². The fourth-order valence-electron chi connectivity index (χ4n) is 15.4. The lowest BCUT2D eigenvalue weighted by Crippen LogP contribution is -2.11. The molecule has 0 N–H and O–H groups in total. The predicted octanol–water partition coefficient (Wildman–Crippen LogP) is 31.3. The lowest BCUT2D eigenvalue weighted by atomic mass is 9.93. The Bertz CT molecular complexity index is 3050. The van der Waals surface area contributed by atoms with Gasteiger partial charge >= 0.3 is 35.8 Å². The maximum absolute atomic E-state index is 14.2. The summed E-state index contributed by atoms with van der Waals surface area (Å²) in [7, 11) is 0. The van der Waals surface area contributed by atoms with E-state index in [9.17, 15) is 28.8 Å². The Morgan fingerprint density at radius 3 is 0.381 bits per heavy atom. The van der Waals surface area contributed by atoms with Gasteiger partial charge in [-0.15, -0.1) is 0 Å². The minimum absolute atomic E-state index is 0.206. The van der Waals surface area contributed by atoms with Crippen molar-refractivity contribution in [1.82, 2.24) is 0 Å². The third-order valence-electron chi connectivity index (χ3n) is 22.9. The van der Waals surface area contributed by atoms with Crippen LogP contribution >= 0.6 is 0 Å². The summed E-state index contributed by atoms with van der Waals surface area (Å²) >= 11 is 0. The number of carbonyl (C=O) groups excluding carboxylic acids is 6. The first-order chi connectivity index (χ1) is 62.0. The first-order valence-electron chi connectivity index (χ1n) is 50.5. The highest BCUT2D eigenvalue weighted by atomic mass is 16.6. The van der Waals surface area contributed by atoms with Crippen LogP contribution in [0.3, 0.4) is 0 Å². The Hall–Kier alpha value is -8.28. The van der Waals surface area contributed by atoms with E-state index >= 15 is 0 Å². The van der Waals surface area contributed by atoms with Crippen LogP contribution in [0.4, 0.5) is 0 Å². The van der Waals surface area contributed by atoms with Crippen LogP contribution in [0.25, 0.3) is 32.3 Å². The first-order valence-corrected chi connectivity index (χ1v) is 50.5. The summed E-state index contributed by atoms with van der Waals surface area (Å²) in [5, 5.41) is 1.87. The van der Waals surface area contributed by atoms with Gasteiger partial charge in [0.1, 0.15) is 0 Å². The molecule has 0 aliphatic rings. The normalized spacial score (nSPS) is 11.8. The van der Waals surface area contributed by atoms with E-state index in [1.54, 1.807) is 0 Å². The van der Waals surface area contributed by atoms with Crippen LogP contribution in [0, 0.1) is 0 Å². The average molecular weight is 1750 g/mol. The molecule has 4 rings (SSSR count). The molecule has 0 amide bonds. The quantitative estimate of drug-likeness (QED) is 0.0100. The van der Waals surface area contributed by atoms with Crippen LogP contribution < -0.4 is 28.4 Å². The number of ether oxygens (including phenoxy) is 12. The molecule has 18 nitrogen and oxygen atoms in total. The summed E-state index contributed by atoms with van der Waals surface area (Å²) in [5.41, 5.74) is 0. The van der Waals surface area contributed by atoms with E-state index < -0.39 is 35.8 Å². The predicted molar refractivity (Wildman–Crippen MR) is 514 cm³/mol. The van der Waals surface area contributed by atoms with Crippen molar-refractivity contribution in [3.8, 4) is 34.5 Å². The van der Waals surface area contributed by atoms with E-state index in [2.05, 4.69) is 41.5 Å². The molecule has 708 valence electrons. The van der Waals surface area contributed by atoms with Crippen molar-refractivity contribution in [3.05, 3.63) is 110 Å². The smallest absolute Gasteiger partial charge is 0.339 e. The number of benzene rings is 4. The van der Waals surface area contributed by atoms with Crippen molar-refractivity contribution in [2.24, 2.45) is 0 Å². The number of unbranched alkanes of at least 4 members (excludes halogenated alkanes) is 54. The maximum Gasteiger partial charge on any atom is 0.339 e. The van der Waals surface area contributed by atoms with Crippen LogP contribution in [-0.2, 0) is 57.2 Å². The van der Waals surface area contributed by atoms with Gasteiger partial charge in [0, 0.05) is 0 Å². The van der Waals surface area contributed by atoms with Crippen LogP contribution in [0.15, 0.2) is 110 Å². The molecule has 0 unspecified atom stereocenters. The molecule has 0 atom stereocenters. The van der Waals surface area contributed by atoms with Gasteiger partial charge in [0.15, 0.2) is 34.5 Å². The molecule has 18 heteroatoms. The van der Waals surface area contributed by atoms with Crippen molar-refractivity contribution >= 4 is 68.1 Å². The summed E-state index contributed by atoms with van der Waals surface area (Å²) in [5.74, 6) is -6.40. The second-order valence-electron chi connectivity index (χ2n) is 34.2. The molecule has 0 aliphatic heterocycles. The minimum Gasteiger partial charge on any atom is -0.501 e. The Balaban J connectivity index is 1.92. The number of esters is 6. The molecule has 0 saturated carbocycles. The second kappa shape index (κ2) is 77.8. The zero-order valence-corrected chi connectivity index (χ0v) is 79.4. The largest absolute Gasteiger partial charge is 0.501 e. The zero-order valence-electron chi connectivity index (χ0n) is 79.4. The van der Waals surface area contributed by atoms with Gasteiger partial charge in [-0.2, -0.15) is 0 Å². The molecule has 0 spiro atoms. The molecular weight excluding hydrogens is 1590 g/mol. The van der Waals surface area contributed by atoms with Gasteiger partial charge < -0.3 is 56.8 Å². The standard InChI is InChI=1S/C108H168O18/c1-7-13-19-25-31-37-43-49-55-61-73-115-79-67-103(109)121-97-85-91-92(86-98(97)122-104(110)68-80-116-74-62-56-50-44-38-32-26-20-14-8-2)94-88-100(124-106(112)70-82-118-76-64-58-52-46-40-34-28-22-16-10-4)102(126-108(114)72-84-120-78-66-60-54-48-42-36-30-24-18-12-6)90-96(94)95-89-101(125-107(113)71-83-119-77-65-59-53-47-41-35-29-23-17-11-5)99(87-93(91)95)123-105(111)69-81-117-75-63-57-51-45-39-33-27-21-15-9-3/h67-72,79-90H,7-66,73-78H2,1-6H3. The summed E-state index contributed by atoms with van der Waals surface area (Å²) in [6, 6.07) is 9.02. The maximum atomic E-state index is 14.2. The summed E-state index contributed by atoms with van der Waals surface area (Å²) < 4.78 is 71.9. The van der Waals surface area contributed by atoms with Gasteiger partial charge in [0.25, 0.3) is 0 Å². The molecule has 0 radical (unpaired) electrons. The first kappa shape index (κ1) is 110. The molecule has 0 aromatic heterocycles. The van der Waals surface area contributed by atoms with Crippen LogP contribution in [0.1, 0.15) is 427 Å². The third-order valence-corrected chi connectivity index (χ3v) is 22.9. The molecule has 4 aromatic rings. The van der Waals surface area contributed by atoms with Crippen LogP contribution in [0.2, 0.25) is 0 Å². The number of hydrogen-bond acceptors (Lipinski definition) is 18. The lowest BCUT2D eigenvalue weighted by Gasteiger charge is -2.18. The van der Waals surface area contributed by atoms with E-state index in [1.165, 1.54) is 305 Å². The molecular formula is C108H168O18. The SMILES string of the molecule is CCCCCCCCCCCCOC=CC(=O)Oc1cc2c3cc(OC(=O)C=COCCCCCCCCCCCC)c(OC(=O)C=COCCCCCCCCCCCC)cc3c3cc(OC(=O)C=COCCCCCCCCCCCC)c(OC(=O)C=COCCCCCCCCCCCC)cc3c2cc1OC(=O)C=COCCCCCCCCCCCC. The lowest BCUT2D eigenvalue weighted by molar-refractivity contribution is -0.131. The number of rotatable bonds is 84. The summed E-state index contributed by atoms with van der Waals surface area (Å²) in [6.45, 7) is 15.7. The van der Waals surface area contributed by atoms with Crippen LogP contribution in [0.5, 0.6) is 34.5 Å². The van der Waals surface area contributed by atoms with E-state index in [0.717, 1.165) is 191 Å². The van der Waals surface area contributed by atoms with Gasteiger partial charge in [-0.1, -0.05) is 388 Å². The van der Waals surface area contributed by atoms with Crippen LogP contribution in [-0.4, -0.2) is 75.5 Å². The molecule has 4 aromatic carbocycles. The summed E-state index contributed by atoms with van der Waals surface area (Å²) in [6.07, 6.45) is 83.8. The van der Waals surface area contributed by atoms with Gasteiger partial charge in [0.05, 0.1) is 114 Å². The molecule has 0 bridgehead atoms. The fraction of sp³-hybridized carbons (Fsp3) is 0.667. The number of fused-ring (bicyclic) bond motifs is 6. The highest BCUT2D eigenvalue weighted by Gasteiger charge is 2.25. The fourth-order valence-corrected chi connectivity index (χ4v) is 15.4. The van der Waals surface area contributed by atoms with E-state index in [1.807, 2.05) is 0 Å². The topological polar surface area (TPSA) is 213 Å². The van der Waals surface area contributed by atoms with Crippen molar-refractivity contribution < 1.29 is 85.6 Å². The highest BCUT2D eigenvalue weighted by Crippen LogP contribution is 2.48. The van der Waals surface area contributed by atoms with Gasteiger partial charge in [-0.05, 0) is 107 Å². The number of carbonyl (C=O) groups is 6. The highest BCUT2D eigenvalue weighted by molar-refractivity contribution is 6.27. The second-order valence-corrected chi connectivity index (χ2v) is 34.2. The Kier molecular flexibility index (Phi) is 68.0. The zero-order chi connectivity index (χ0) is 90.3. The monoisotopic (exact) mass is 1750 g/mol. The van der Waals surface area contributed by atoms with E-state index in [-0.39, 0.29) is 34.5 Å². The van der Waals surface area contributed by atoms with Gasteiger partial charge in [-0.25, -0.2) is 28.8 Å². The molecule has 0 fully saturated rings. The molecule has 126 heavy (non-hydrogen) atoms. The van der Waals surface area contributed by atoms with E-state index in [0.29, 0.717) is 72.0 Å². The van der Waals surface area contributed by atoms with Gasteiger partial charge in [0.2, 0.25) is 0 Å². The Morgan fingerprint density at radius 2 is 0.270 bits per heavy atom. The van der Waals surface area contributed by atoms with Crippen molar-refractivity contribution in [2.75, 3.05) is 39.6 Å². The Morgan fingerprint density at radius 1 is 0.167 bits per heavy atom. The molecule has 0 heterocycles.